The van der Waals surface area contributed by atoms with Gasteiger partial charge < -0.3 is 0 Å². The second kappa shape index (κ2) is 15.2. The molecule has 0 aliphatic carbocycles. The Balaban J connectivity index is 0.000000470. The molecule has 0 N–H and O–H groups in total. The number of hydrogen-bond donors (Lipinski definition) is 0. The van der Waals surface area contributed by atoms with Crippen molar-refractivity contribution < 1.29 is 92.9 Å². The summed E-state index contributed by atoms with van der Waals surface area (Å²) in [6, 6.07) is 7.61. The molecule has 0 unspecified atom stereocenters. The van der Waals surface area contributed by atoms with Crippen molar-refractivity contribution in [2.24, 2.45) is 0 Å². The fraction of sp³-hybridized carbons (Fsp3) is 0.200. The number of carbonyl (C=O) groups excluding carboxylic acids is 4. The molecule has 0 bridgehead atoms. The molecule has 44 heavy (non-hydrogen) atoms. The van der Waals surface area contributed by atoms with Crippen molar-refractivity contribution in [2.45, 2.75) is 25.5 Å². The molecule has 0 aliphatic rings. The molecule has 0 spiro atoms. The average Bonchev–Trinajstić information content (AvgIpc) is 2.89. The fourth-order valence-corrected chi connectivity index (χ4v) is 7.63. The summed E-state index contributed by atoms with van der Waals surface area (Å²) in [4.78, 5) is 42.8. The van der Waals surface area contributed by atoms with Crippen molar-refractivity contribution in [1.82, 2.24) is 0 Å². The molecule has 0 saturated heterocycles. The molecule has 0 aromatic heterocycles. The first-order valence-electron chi connectivity index (χ1n) is 9.93. The Labute approximate surface area is 249 Å². The van der Waals surface area contributed by atoms with E-state index in [0.717, 1.165) is 6.92 Å². The van der Waals surface area contributed by atoms with Crippen molar-refractivity contribution in [1.29, 1.82) is 0 Å². The number of carbonyl (C=O) groups is 4. The molecule has 0 heterocycles. The zero-order valence-electron chi connectivity index (χ0n) is 20.2. The Kier molecular flexibility index (Phi) is 13.4. The second-order valence-electron chi connectivity index (χ2n) is 6.77. The van der Waals surface area contributed by atoms with Crippen molar-refractivity contribution in [3.05, 3.63) is 66.6 Å². The number of hydrogen-bond acceptors (Lipinski definition) is 8. The molecule has 0 saturated carbocycles. The van der Waals surface area contributed by atoms with Gasteiger partial charge in [-0.15, -0.1) is 0 Å². The molecule has 8 nitrogen and oxygen atoms in total. The number of alkyl halides is 9. The SMILES string of the molecule is CC(=O)OI(OC(=O)C(F)(F)F)c1ccccc1.O=C(OI(OC(=O)C(F)(F)F)c1c(F)c(F)c(F)c(F)c1F)C(F)(F)F. The molecule has 0 fully saturated rings. The summed E-state index contributed by atoms with van der Waals surface area (Å²) in [5.74, 6) is -24.1. The van der Waals surface area contributed by atoms with E-state index < -0.39 is 116 Å². The predicted octanol–water partition coefficient (Wildman–Crippen LogP) is 6.96. The van der Waals surface area contributed by atoms with Crippen molar-refractivity contribution in [2.75, 3.05) is 0 Å². The summed E-state index contributed by atoms with van der Waals surface area (Å²) in [5, 5.41) is 0. The summed E-state index contributed by atoms with van der Waals surface area (Å²) in [6.45, 7) is 1.04. The Morgan fingerprint density at radius 3 is 1.16 bits per heavy atom. The van der Waals surface area contributed by atoms with Crippen LogP contribution in [-0.4, -0.2) is 42.4 Å². The molecule has 2 rings (SSSR count). The molecular formula is C20H8F14I2O8. The topological polar surface area (TPSA) is 105 Å². The number of benzene rings is 2. The third-order valence-electron chi connectivity index (χ3n) is 3.52. The third-order valence-corrected chi connectivity index (χ3v) is 10.5. The van der Waals surface area contributed by atoms with Crippen molar-refractivity contribution in [3.8, 4) is 0 Å². The summed E-state index contributed by atoms with van der Waals surface area (Å²) in [7, 11) is 0. The first-order valence-corrected chi connectivity index (χ1v) is 15.6. The van der Waals surface area contributed by atoms with Gasteiger partial charge in [-0.1, -0.05) is 0 Å². The quantitative estimate of drug-likeness (QED) is 0.133. The normalized spacial score (nSPS) is 12.2. The van der Waals surface area contributed by atoms with Crippen LogP contribution in [0.4, 0.5) is 61.5 Å². The standard InChI is InChI=1S/C10F11IO4.C10H8F3IO4/c11-1-2(12)4(14)6(5(15)3(1)13)22(25-7(23)9(16,17)18)26-8(24)10(19,20)21;1-7(15)17-14(8-5-3-2-4-6-8)18-9(16)10(11,12)13/h;2-6H,1H3. The molecule has 0 aliphatic heterocycles. The van der Waals surface area contributed by atoms with Gasteiger partial charge in [0, 0.05) is 0 Å². The monoisotopic (exact) mass is 896 g/mol. The van der Waals surface area contributed by atoms with Gasteiger partial charge in [-0.05, 0) is 0 Å². The summed E-state index contributed by atoms with van der Waals surface area (Å²) >= 11 is -9.24. The average molecular weight is 896 g/mol. The fourth-order valence-electron chi connectivity index (χ4n) is 1.85. The van der Waals surface area contributed by atoms with E-state index in [2.05, 4.69) is 12.3 Å². The minimum absolute atomic E-state index is 0.287. The van der Waals surface area contributed by atoms with Gasteiger partial charge in [-0.25, -0.2) is 0 Å². The van der Waals surface area contributed by atoms with Crippen LogP contribution in [0.5, 0.6) is 0 Å². The van der Waals surface area contributed by atoms with Crippen LogP contribution in [-0.2, 0) is 31.4 Å². The molecule has 0 atom stereocenters. The summed E-state index contributed by atoms with van der Waals surface area (Å²) in [5.41, 5.74) is 0. The van der Waals surface area contributed by atoms with Gasteiger partial charge in [0.2, 0.25) is 0 Å². The van der Waals surface area contributed by atoms with Gasteiger partial charge in [-0.2, -0.15) is 0 Å². The van der Waals surface area contributed by atoms with E-state index in [-0.39, 0.29) is 3.57 Å². The molecule has 2 aromatic rings. The van der Waals surface area contributed by atoms with Crippen LogP contribution in [0.25, 0.3) is 0 Å². The third kappa shape index (κ3) is 11.1. The first-order chi connectivity index (χ1) is 19.9. The van der Waals surface area contributed by atoms with Gasteiger partial charge in [0.15, 0.2) is 0 Å². The van der Waals surface area contributed by atoms with E-state index in [1.807, 2.05) is 0 Å². The molecule has 24 heteroatoms. The predicted molar refractivity (Wildman–Crippen MR) is 126 cm³/mol. The number of halogens is 16. The van der Waals surface area contributed by atoms with E-state index in [4.69, 9.17) is 0 Å². The zero-order chi connectivity index (χ0) is 34.4. The Hall–Kier alpha value is -3.20. The van der Waals surface area contributed by atoms with Gasteiger partial charge >= 0.3 is 250 Å². The molecular weight excluding hydrogens is 888 g/mol. The van der Waals surface area contributed by atoms with Crippen LogP contribution in [0, 0.1) is 36.2 Å². The second-order valence-corrected chi connectivity index (χ2v) is 13.3. The van der Waals surface area contributed by atoms with Crippen molar-refractivity contribution >= 4 is 65.2 Å². The van der Waals surface area contributed by atoms with Crippen molar-refractivity contribution in [3.63, 3.8) is 0 Å². The van der Waals surface area contributed by atoms with Crippen LogP contribution in [0.15, 0.2) is 30.3 Å². The number of rotatable bonds is 6. The van der Waals surface area contributed by atoms with Gasteiger partial charge in [0.05, 0.1) is 0 Å². The van der Waals surface area contributed by atoms with Crippen LogP contribution < -0.4 is 0 Å². The molecule has 2 aromatic carbocycles. The zero-order valence-corrected chi connectivity index (χ0v) is 24.5. The van der Waals surface area contributed by atoms with E-state index in [1.54, 1.807) is 18.2 Å². The van der Waals surface area contributed by atoms with E-state index >= 15 is 0 Å². The van der Waals surface area contributed by atoms with Crippen LogP contribution >= 0.6 is 41.3 Å². The Morgan fingerprint density at radius 1 is 0.523 bits per heavy atom. The maximum atomic E-state index is 13.5. The first kappa shape index (κ1) is 38.8. The van der Waals surface area contributed by atoms with E-state index in [9.17, 15) is 80.6 Å². The Morgan fingerprint density at radius 2 is 0.841 bits per heavy atom. The summed E-state index contributed by atoms with van der Waals surface area (Å²) < 4.78 is 188. The van der Waals surface area contributed by atoms with E-state index in [1.165, 1.54) is 12.1 Å². The van der Waals surface area contributed by atoms with Gasteiger partial charge in [0.25, 0.3) is 0 Å². The minimum atomic E-state index is -5.94. The molecule has 0 amide bonds. The van der Waals surface area contributed by atoms with Crippen LogP contribution in [0.3, 0.4) is 0 Å². The van der Waals surface area contributed by atoms with Crippen LogP contribution in [0.1, 0.15) is 6.92 Å². The molecule has 248 valence electrons. The summed E-state index contributed by atoms with van der Waals surface area (Å²) in [6.07, 6.45) is -17.0. The Bertz CT molecular complexity index is 1320. The van der Waals surface area contributed by atoms with Crippen LogP contribution in [0.2, 0.25) is 0 Å². The maximum absolute atomic E-state index is 13.5. The van der Waals surface area contributed by atoms with Gasteiger partial charge in [0.1, 0.15) is 0 Å². The molecule has 0 radical (unpaired) electrons. The van der Waals surface area contributed by atoms with Gasteiger partial charge in [-0.3, -0.25) is 0 Å². The van der Waals surface area contributed by atoms with E-state index in [0.29, 0.717) is 0 Å².